The van der Waals surface area contributed by atoms with Crippen LogP contribution in [0.4, 0.5) is 0 Å². The predicted molar refractivity (Wildman–Crippen MR) is 91.0 cm³/mol. The van der Waals surface area contributed by atoms with E-state index in [0.29, 0.717) is 12.1 Å². The van der Waals surface area contributed by atoms with E-state index >= 15 is 0 Å². The van der Waals surface area contributed by atoms with Crippen LogP contribution in [0, 0.1) is 0 Å². The molecular formula is C19H25N3O. The first-order valence-corrected chi connectivity index (χ1v) is 8.68. The van der Waals surface area contributed by atoms with E-state index in [1.807, 2.05) is 6.07 Å². The van der Waals surface area contributed by atoms with Crippen molar-refractivity contribution in [2.75, 3.05) is 19.6 Å². The molecule has 4 heteroatoms. The van der Waals surface area contributed by atoms with E-state index in [1.165, 1.54) is 24.0 Å². The van der Waals surface area contributed by atoms with Gasteiger partial charge < -0.3 is 15.5 Å². The minimum atomic E-state index is 0.151. The third-order valence-corrected chi connectivity index (χ3v) is 5.27. The number of benzene rings is 1. The number of fused-ring (bicyclic) bond motifs is 1. The second-order valence-electron chi connectivity index (χ2n) is 6.71. The molecule has 1 aliphatic carbocycles. The smallest absolute Gasteiger partial charge is 0.122 e. The van der Waals surface area contributed by atoms with Crippen LogP contribution in [0.2, 0.25) is 0 Å². The van der Waals surface area contributed by atoms with Crippen molar-refractivity contribution >= 4 is 0 Å². The highest BCUT2D eigenvalue weighted by molar-refractivity contribution is 5.37. The molecule has 3 atom stereocenters. The average molecular weight is 311 g/mol. The quantitative estimate of drug-likeness (QED) is 0.890. The molecule has 2 aromatic rings. The summed E-state index contributed by atoms with van der Waals surface area (Å²) in [5.74, 6) is 1.06. The lowest BCUT2D eigenvalue weighted by Gasteiger charge is -2.27. The maximum atomic E-state index is 6.29. The molecule has 0 spiro atoms. The van der Waals surface area contributed by atoms with E-state index in [0.717, 1.165) is 31.8 Å². The Morgan fingerprint density at radius 2 is 1.91 bits per heavy atom. The van der Waals surface area contributed by atoms with Crippen LogP contribution in [0.1, 0.15) is 54.3 Å². The summed E-state index contributed by atoms with van der Waals surface area (Å²) < 4.78 is 5.71. The molecule has 1 aromatic carbocycles. The van der Waals surface area contributed by atoms with Crippen molar-refractivity contribution in [1.82, 2.24) is 10.2 Å². The molecule has 3 unspecified atom stereocenters. The second-order valence-corrected chi connectivity index (χ2v) is 6.71. The Kier molecular flexibility index (Phi) is 4.21. The Bertz CT molecular complexity index is 634. The average Bonchev–Trinajstić information content (AvgIpc) is 3.31. The molecule has 1 aliphatic heterocycles. The third kappa shape index (κ3) is 2.94. The number of nitrogens with one attached hydrogen (secondary N) is 1. The fourth-order valence-corrected chi connectivity index (χ4v) is 4.06. The van der Waals surface area contributed by atoms with Gasteiger partial charge in [-0.3, -0.25) is 4.90 Å². The number of likely N-dealkylation sites (tertiary alicyclic amines) is 1. The normalized spacial score (nSPS) is 25.6. The topological polar surface area (TPSA) is 54.4 Å². The largest absolute Gasteiger partial charge is 0.468 e. The van der Waals surface area contributed by atoms with Gasteiger partial charge in [-0.1, -0.05) is 24.3 Å². The van der Waals surface area contributed by atoms with Crippen molar-refractivity contribution in [3.63, 3.8) is 0 Å². The Hall–Kier alpha value is -1.62. The van der Waals surface area contributed by atoms with Crippen LogP contribution >= 0.6 is 0 Å². The van der Waals surface area contributed by atoms with Gasteiger partial charge in [-0.25, -0.2) is 0 Å². The van der Waals surface area contributed by atoms with E-state index in [4.69, 9.17) is 10.2 Å². The fourth-order valence-electron chi connectivity index (χ4n) is 4.06. The molecule has 0 amide bonds. The van der Waals surface area contributed by atoms with Crippen molar-refractivity contribution in [3.05, 3.63) is 59.5 Å². The molecule has 2 aliphatic rings. The van der Waals surface area contributed by atoms with Gasteiger partial charge in [0.1, 0.15) is 5.76 Å². The van der Waals surface area contributed by atoms with Crippen LogP contribution in [0.5, 0.6) is 0 Å². The minimum Gasteiger partial charge on any atom is -0.468 e. The molecule has 122 valence electrons. The molecular weight excluding hydrogens is 286 g/mol. The van der Waals surface area contributed by atoms with Crippen LogP contribution in [-0.4, -0.2) is 24.5 Å². The molecule has 1 aromatic heterocycles. The summed E-state index contributed by atoms with van der Waals surface area (Å²) in [5, 5.41) is 3.75. The molecule has 0 radical (unpaired) electrons. The lowest BCUT2D eigenvalue weighted by atomic mass is 10.1. The van der Waals surface area contributed by atoms with Crippen LogP contribution in [-0.2, 0) is 0 Å². The minimum absolute atomic E-state index is 0.151. The van der Waals surface area contributed by atoms with Gasteiger partial charge in [-0.15, -0.1) is 0 Å². The Morgan fingerprint density at radius 3 is 2.65 bits per heavy atom. The van der Waals surface area contributed by atoms with Gasteiger partial charge >= 0.3 is 0 Å². The van der Waals surface area contributed by atoms with Gasteiger partial charge in [0.2, 0.25) is 0 Å². The van der Waals surface area contributed by atoms with Crippen LogP contribution < -0.4 is 11.1 Å². The van der Waals surface area contributed by atoms with E-state index in [-0.39, 0.29) is 6.04 Å². The predicted octanol–water partition coefficient (Wildman–Crippen LogP) is 3.15. The zero-order chi connectivity index (χ0) is 15.6. The number of rotatable bonds is 5. The first-order valence-electron chi connectivity index (χ1n) is 8.68. The van der Waals surface area contributed by atoms with Gasteiger partial charge in [0.05, 0.1) is 12.3 Å². The number of hydrogen-bond donors (Lipinski definition) is 2. The molecule has 4 rings (SSSR count). The molecule has 2 heterocycles. The maximum absolute atomic E-state index is 6.29. The summed E-state index contributed by atoms with van der Waals surface area (Å²) in [7, 11) is 0. The lowest BCUT2D eigenvalue weighted by Crippen LogP contribution is -2.35. The summed E-state index contributed by atoms with van der Waals surface area (Å²) in [6, 6.07) is 13.4. The van der Waals surface area contributed by atoms with E-state index in [9.17, 15) is 0 Å². The van der Waals surface area contributed by atoms with Crippen LogP contribution in [0.3, 0.4) is 0 Å². The van der Waals surface area contributed by atoms with Gasteiger partial charge in [0.25, 0.3) is 0 Å². The fraction of sp³-hybridized carbons (Fsp3) is 0.474. The van der Waals surface area contributed by atoms with Gasteiger partial charge in [0, 0.05) is 18.6 Å². The van der Waals surface area contributed by atoms with Crippen molar-refractivity contribution in [3.8, 4) is 0 Å². The third-order valence-electron chi connectivity index (χ3n) is 5.27. The van der Waals surface area contributed by atoms with Crippen molar-refractivity contribution in [2.24, 2.45) is 5.73 Å². The summed E-state index contributed by atoms with van der Waals surface area (Å²) >= 11 is 0. The monoisotopic (exact) mass is 311 g/mol. The number of furan rings is 1. The van der Waals surface area contributed by atoms with Crippen molar-refractivity contribution in [1.29, 1.82) is 0 Å². The summed E-state index contributed by atoms with van der Waals surface area (Å²) in [6.45, 7) is 3.22. The standard InChI is InChI=1S/C19H25N3O/c20-16-12-17(15-7-2-1-6-14(15)16)21-13-18(19-8-5-11-23-19)22-9-3-4-10-22/h1-2,5-8,11,16-18,21H,3-4,9-10,12-13,20H2. The summed E-state index contributed by atoms with van der Waals surface area (Å²) in [5.41, 5.74) is 8.94. The van der Waals surface area contributed by atoms with Gasteiger partial charge in [-0.2, -0.15) is 0 Å². The number of nitrogens with two attached hydrogens (primary N) is 1. The lowest BCUT2D eigenvalue weighted by molar-refractivity contribution is 0.204. The number of hydrogen-bond acceptors (Lipinski definition) is 4. The Balaban J connectivity index is 1.48. The highest BCUT2D eigenvalue weighted by Gasteiger charge is 2.30. The number of nitrogens with zero attached hydrogens (tertiary/aromatic N) is 1. The SMILES string of the molecule is NC1CC(NCC(c2ccco2)N2CCCC2)c2ccccc21. The van der Waals surface area contributed by atoms with Crippen LogP contribution in [0.15, 0.2) is 47.1 Å². The van der Waals surface area contributed by atoms with Crippen molar-refractivity contribution < 1.29 is 4.42 Å². The van der Waals surface area contributed by atoms with E-state index in [2.05, 4.69) is 40.5 Å². The molecule has 23 heavy (non-hydrogen) atoms. The molecule has 3 N–H and O–H groups in total. The molecule has 0 saturated carbocycles. The molecule has 1 fully saturated rings. The molecule has 4 nitrogen and oxygen atoms in total. The first-order chi connectivity index (χ1) is 11.3. The Labute approximate surface area is 137 Å². The molecule has 1 saturated heterocycles. The van der Waals surface area contributed by atoms with E-state index in [1.54, 1.807) is 6.26 Å². The Morgan fingerprint density at radius 1 is 1.13 bits per heavy atom. The molecule has 0 bridgehead atoms. The van der Waals surface area contributed by atoms with Crippen molar-refractivity contribution in [2.45, 2.75) is 37.4 Å². The second kappa shape index (κ2) is 6.48. The summed E-state index contributed by atoms with van der Waals surface area (Å²) in [4.78, 5) is 2.53. The van der Waals surface area contributed by atoms with Crippen LogP contribution in [0.25, 0.3) is 0 Å². The van der Waals surface area contributed by atoms with Gasteiger partial charge in [-0.05, 0) is 55.6 Å². The van der Waals surface area contributed by atoms with E-state index < -0.39 is 0 Å². The summed E-state index contributed by atoms with van der Waals surface area (Å²) in [6.07, 6.45) is 5.33. The zero-order valence-corrected chi connectivity index (χ0v) is 13.4. The highest BCUT2D eigenvalue weighted by atomic mass is 16.3. The van der Waals surface area contributed by atoms with Gasteiger partial charge in [0.15, 0.2) is 0 Å². The maximum Gasteiger partial charge on any atom is 0.122 e. The zero-order valence-electron chi connectivity index (χ0n) is 13.4. The first kappa shape index (κ1) is 14.9. The highest BCUT2D eigenvalue weighted by Crippen LogP contribution is 2.37.